The molecule has 0 aliphatic carbocycles. The summed E-state index contributed by atoms with van der Waals surface area (Å²) in [6.07, 6.45) is 0. The Morgan fingerprint density at radius 3 is 2.83 bits per heavy atom. The zero-order chi connectivity index (χ0) is 8.39. The summed E-state index contributed by atoms with van der Waals surface area (Å²) in [6.45, 7) is 0. The molecule has 12 heavy (non-hydrogen) atoms. The van der Waals surface area contributed by atoms with Crippen LogP contribution in [0.1, 0.15) is 10.8 Å². The van der Waals surface area contributed by atoms with Crippen molar-refractivity contribution < 1.29 is 0 Å². The normalized spacial score (nSPS) is 22.9. The minimum Gasteiger partial charge on any atom is -0.150 e. The van der Waals surface area contributed by atoms with Gasteiger partial charge in [-0.15, -0.1) is 23.5 Å². The van der Waals surface area contributed by atoms with Crippen LogP contribution in [0.15, 0.2) is 24.3 Å². The summed E-state index contributed by atoms with van der Waals surface area (Å²) in [5.74, 6) is 1.20. The molecule has 1 unspecified atom stereocenters. The fraction of sp³-hybridized carbons (Fsp3) is 0.333. The first-order valence-corrected chi connectivity index (χ1v) is 6.40. The van der Waals surface area contributed by atoms with E-state index in [9.17, 15) is 0 Å². The first kappa shape index (κ1) is 8.79. The van der Waals surface area contributed by atoms with Gasteiger partial charge in [0.1, 0.15) is 0 Å². The van der Waals surface area contributed by atoms with Gasteiger partial charge in [-0.3, -0.25) is 0 Å². The van der Waals surface area contributed by atoms with Crippen LogP contribution in [-0.2, 0) is 0 Å². The van der Waals surface area contributed by atoms with Crippen LogP contribution in [0.2, 0.25) is 5.02 Å². The van der Waals surface area contributed by atoms with Crippen LogP contribution < -0.4 is 0 Å². The Hall–Kier alpha value is 0.210. The highest BCUT2D eigenvalue weighted by molar-refractivity contribution is 8.19. The summed E-state index contributed by atoms with van der Waals surface area (Å²) in [5, 5.41) is 2.73. The molecule has 0 aromatic heterocycles. The van der Waals surface area contributed by atoms with Crippen molar-refractivity contribution in [3.8, 4) is 0 Å². The summed E-state index contributed by atoms with van der Waals surface area (Å²) in [6, 6.07) is 8.15. The van der Waals surface area contributed by atoms with Crippen molar-refractivity contribution in [3.63, 3.8) is 0 Å². The monoisotopic (exact) mass is 216 g/mol. The van der Waals surface area contributed by atoms with Gasteiger partial charge in [0.2, 0.25) is 0 Å². The van der Waals surface area contributed by atoms with Crippen molar-refractivity contribution in [2.45, 2.75) is 5.25 Å². The third kappa shape index (κ3) is 1.76. The molecule has 64 valence electrons. The molecule has 2 rings (SSSR count). The molecule has 0 N–H and O–H groups in total. The van der Waals surface area contributed by atoms with Crippen molar-refractivity contribution >= 4 is 35.1 Å². The minimum absolute atomic E-state index is 0.615. The van der Waals surface area contributed by atoms with Gasteiger partial charge in [-0.25, -0.2) is 0 Å². The second-order valence-corrected chi connectivity index (χ2v) is 5.66. The highest BCUT2D eigenvalue weighted by atomic mass is 35.5. The molecule has 0 spiro atoms. The molecule has 1 aliphatic rings. The predicted octanol–water partition coefficient (Wildman–Crippen LogP) is 3.82. The molecule has 1 saturated heterocycles. The average Bonchev–Trinajstić information content (AvgIpc) is 2.57. The molecule has 0 radical (unpaired) electrons. The number of rotatable bonds is 1. The Labute approximate surface area is 86.1 Å². The lowest BCUT2D eigenvalue weighted by Crippen LogP contribution is -1.92. The van der Waals surface area contributed by atoms with Crippen LogP contribution in [0.5, 0.6) is 0 Å². The van der Waals surface area contributed by atoms with E-state index in [1.165, 1.54) is 16.4 Å². The van der Waals surface area contributed by atoms with E-state index in [2.05, 4.69) is 12.1 Å². The fourth-order valence-electron chi connectivity index (χ4n) is 1.25. The van der Waals surface area contributed by atoms with E-state index >= 15 is 0 Å². The highest BCUT2D eigenvalue weighted by Gasteiger charge is 2.19. The first-order valence-electron chi connectivity index (χ1n) is 3.81. The second kappa shape index (κ2) is 3.95. The maximum atomic E-state index is 6.08. The van der Waals surface area contributed by atoms with E-state index in [1.54, 1.807) is 0 Å². The number of halogens is 1. The molecule has 0 nitrogen and oxygen atoms in total. The van der Waals surface area contributed by atoms with Crippen LogP contribution in [0.4, 0.5) is 0 Å². The van der Waals surface area contributed by atoms with Crippen LogP contribution in [0.25, 0.3) is 0 Å². The maximum Gasteiger partial charge on any atom is 0.0449 e. The Bertz CT molecular complexity index is 269. The lowest BCUT2D eigenvalue weighted by atomic mass is 10.2. The van der Waals surface area contributed by atoms with Gasteiger partial charge >= 0.3 is 0 Å². The largest absolute Gasteiger partial charge is 0.150 e. The molecule has 0 bridgehead atoms. The van der Waals surface area contributed by atoms with E-state index in [1.807, 2.05) is 35.7 Å². The standard InChI is InChI=1S/C9H9ClS2/c10-8-4-2-1-3-7(8)9-5-11-6-12-9/h1-4,9H,5-6H2. The second-order valence-electron chi connectivity index (χ2n) is 2.67. The number of hydrogen-bond donors (Lipinski definition) is 0. The minimum atomic E-state index is 0.615. The SMILES string of the molecule is Clc1ccccc1C1CSCS1. The highest BCUT2D eigenvalue weighted by Crippen LogP contribution is 2.43. The van der Waals surface area contributed by atoms with E-state index in [4.69, 9.17) is 11.6 Å². The van der Waals surface area contributed by atoms with Gasteiger partial charge in [-0.05, 0) is 11.6 Å². The van der Waals surface area contributed by atoms with Gasteiger partial charge in [-0.2, -0.15) is 0 Å². The summed E-state index contributed by atoms with van der Waals surface area (Å²) in [7, 11) is 0. The van der Waals surface area contributed by atoms with Crippen molar-refractivity contribution in [1.29, 1.82) is 0 Å². The van der Waals surface area contributed by atoms with E-state index in [-0.39, 0.29) is 0 Å². The third-order valence-corrected chi connectivity index (χ3v) is 5.03. The summed E-state index contributed by atoms with van der Waals surface area (Å²) in [4.78, 5) is 0. The molecule has 1 aromatic rings. The smallest absolute Gasteiger partial charge is 0.0449 e. The molecule has 0 amide bonds. The maximum absolute atomic E-state index is 6.08. The van der Waals surface area contributed by atoms with E-state index < -0.39 is 0 Å². The summed E-state index contributed by atoms with van der Waals surface area (Å²) in [5.41, 5.74) is 1.30. The molecule has 1 aromatic carbocycles. The van der Waals surface area contributed by atoms with Crippen molar-refractivity contribution in [2.24, 2.45) is 0 Å². The van der Waals surface area contributed by atoms with Crippen LogP contribution in [0.3, 0.4) is 0 Å². The van der Waals surface area contributed by atoms with Gasteiger partial charge in [0, 0.05) is 21.1 Å². The Morgan fingerprint density at radius 2 is 2.17 bits per heavy atom. The molecular weight excluding hydrogens is 208 g/mol. The zero-order valence-corrected chi connectivity index (χ0v) is 8.88. The van der Waals surface area contributed by atoms with E-state index in [0.29, 0.717) is 5.25 Å². The van der Waals surface area contributed by atoms with Gasteiger partial charge in [0.05, 0.1) is 0 Å². The number of hydrogen-bond acceptors (Lipinski definition) is 2. The topological polar surface area (TPSA) is 0 Å². The quantitative estimate of drug-likeness (QED) is 0.700. The van der Waals surface area contributed by atoms with E-state index in [0.717, 1.165) is 5.02 Å². The Morgan fingerprint density at radius 1 is 1.33 bits per heavy atom. The zero-order valence-electron chi connectivity index (χ0n) is 6.50. The molecule has 1 heterocycles. The molecule has 3 heteroatoms. The molecule has 0 saturated carbocycles. The summed E-state index contributed by atoms with van der Waals surface area (Å²) < 4.78 is 0. The lowest BCUT2D eigenvalue weighted by molar-refractivity contribution is 1.13. The predicted molar refractivity (Wildman–Crippen MR) is 59.1 cm³/mol. The van der Waals surface area contributed by atoms with Crippen LogP contribution in [-0.4, -0.2) is 10.8 Å². The number of thioether (sulfide) groups is 2. The third-order valence-electron chi connectivity index (χ3n) is 1.87. The molecule has 1 atom stereocenters. The van der Waals surface area contributed by atoms with Gasteiger partial charge in [0.15, 0.2) is 0 Å². The fourth-order valence-corrected chi connectivity index (χ4v) is 4.46. The lowest BCUT2D eigenvalue weighted by Gasteiger charge is -2.09. The summed E-state index contributed by atoms with van der Waals surface area (Å²) >= 11 is 10.1. The van der Waals surface area contributed by atoms with Crippen molar-refractivity contribution in [3.05, 3.63) is 34.9 Å². The molecule has 1 fully saturated rings. The van der Waals surface area contributed by atoms with Gasteiger partial charge in [-0.1, -0.05) is 29.8 Å². The Kier molecular flexibility index (Phi) is 2.89. The van der Waals surface area contributed by atoms with Crippen molar-refractivity contribution in [1.82, 2.24) is 0 Å². The van der Waals surface area contributed by atoms with Crippen molar-refractivity contribution in [2.75, 3.05) is 10.8 Å². The van der Waals surface area contributed by atoms with Gasteiger partial charge < -0.3 is 0 Å². The first-order chi connectivity index (χ1) is 5.88. The van der Waals surface area contributed by atoms with Crippen LogP contribution >= 0.6 is 35.1 Å². The Balaban J connectivity index is 2.26. The molecule has 1 aliphatic heterocycles. The molecular formula is C9H9ClS2. The average molecular weight is 217 g/mol. The number of benzene rings is 1. The van der Waals surface area contributed by atoms with Crippen LogP contribution in [0, 0.1) is 0 Å². The van der Waals surface area contributed by atoms with Gasteiger partial charge in [0.25, 0.3) is 0 Å².